The van der Waals surface area contributed by atoms with Crippen molar-refractivity contribution in [3.05, 3.63) is 64.5 Å². The second-order valence-corrected chi connectivity index (χ2v) is 9.44. The predicted octanol–water partition coefficient (Wildman–Crippen LogP) is 3.30. The molecule has 0 spiro atoms. The van der Waals surface area contributed by atoms with Gasteiger partial charge >= 0.3 is 6.18 Å². The number of amides is 2. The van der Waals surface area contributed by atoms with Crippen LogP contribution in [0.5, 0.6) is 0 Å². The molecule has 1 aromatic heterocycles. The number of likely N-dealkylation sites (tertiary alicyclic amines) is 1. The van der Waals surface area contributed by atoms with E-state index in [1.165, 1.54) is 9.58 Å². The van der Waals surface area contributed by atoms with Crippen LogP contribution in [0.3, 0.4) is 0 Å². The molecule has 2 amide bonds. The number of aryl methyl sites for hydroxylation is 2. The number of carbonyl (C=O) groups excluding carboxylic acids is 2. The van der Waals surface area contributed by atoms with E-state index >= 15 is 0 Å². The lowest BCUT2D eigenvalue weighted by Crippen LogP contribution is -2.52. The maximum absolute atomic E-state index is 14.8. The van der Waals surface area contributed by atoms with Crippen molar-refractivity contribution in [1.29, 1.82) is 0 Å². The van der Waals surface area contributed by atoms with Crippen LogP contribution >= 0.6 is 0 Å². The Bertz CT molecular complexity index is 1230. The van der Waals surface area contributed by atoms with Crippen LogP contribution in [-0.2, 0) is 22.8 Å². The lowest BCUT2D eigenvalue weighted by molar-refractivity contribution is -0.140. The fourth-order valence-electron chi connectivity index (χ4n) is 5.11. The van der Waals surface area contributed by atoms with Crippen LogP contribution in [0.25, 0.3) is 0 Å². The van der Waals surface area contributed by atoms with Gasteiger partial charge in [0.1, 0.15) is 23.4 Å². The molecule has 192 valence electrons. The highest BCUT2D eigenvalue weighted by molar-refractivity contribution is 5.98. The topological polar surface area (TPSA) is 76.5 Å². The lowest BCUT2D eigenvalue weighted by Gasteiger charge is -2.37. The van der Waals surface area contributed by atoms with Gasteiger partial charge < -0.3 is 15.0 Å². The molecular formula is C24H23F5N4O3. The van der Waals surface area contributed by atoms with E-state index in [0.717, 1.165) is 0 Å². The van der Waals surface area contributed by atoms with Crippen molar-refractivity contribution in [2.45, 2.75) is 37.6 Å². The zero-order chi connectivity index (χ0) is 25.9. The Labute approximate surface area is 202 Å². The smallest absolute Gasteiger partial charge is 0.381 e. The minimum absolute atomic E-state index is 0.0380. The number of carbonyl (C=O) groups is 2. The zero-order valence-electron chi connectivity index (χ0n) is 19.4. The maximum Gasteiger partial charge on any atom is 0.419 e. The average molecular weight is 510 g/mol. The predicted molar refractivity (Wildman–Crippen MR) is 115 cm³/mol. The average Bonchev–Trinajstić information content (AvgIpc) is 3.21. The number of hydrogen-bond donors (Lipinski definition) is 1. The van der Waals surface area contributed by atoms with Crippen LogP contribution in [0.1, 0.15) is 39.6 Å². The van der Waals surface area contributed by atoms with Crippen LogP contribution in [0.4, 0.5) is 22.0 Å². The van der Waals surface area contributed by atoms with Crippen LogP contribution in [0.2, 0.25) is 0 Å². The van der Waals surface area contributed by atoms with Gasteiger partial charge in [-0.1, -0.05) is 12.2 Å². The first-order valence-electron chi connectivity index (χ1n) is 11.4. The van der Waals surface area contributed by atoms with E-state index in [-0.39, 0.29) is 37.1 Å². The lowest BCUT2D eigenvalue weighted by atomic mass is 9.88. The molecule has 0 unspecified atom stereocenters. The monoisotopic (exact) mass is 510 g/mol. The van der Waals surface area contributed by atoms with Crippen molar-refractivity contribution in [1.82, 2.24) is 20.0 Å². The van der Waals surface area contributed by atoms with Gasteiger partial charge in [-0.15, -0.1) is 0 Å². The molecule has 36 heavy (non-hydrogen) atoms. The van der Waals surface area contributed by atoms with Crippen LogP contribution in [-0.4, -0.2) is 51.8 Å². The summed E-state index contributed by atoms with van der Waals surface area (Å²) in [4.78, 5) is 28.4. The van der Waals surface area contributed by atoms with Gasteiger partial charge in [-0.3, -0.25) is 14.3 Å². The normalized spacial score (nSPS) is 24.2. The molecule has 0 saturated carbocycles. The first kappa shape index (κ1) is 24.4. The Morgan fingerprint density at radius 2 is 1.89 bits per heavy atom. The van der Waals surface area contributed by atoms with Gasteiger partial charge in [-0.2, -0.15) is 18.3 Å². The minimum atomic E-state index is -5.07. The highest BCUT2D eigenvalue weighted by atomic mass is 19.4. The molecule has 0 radical (unpaired) electrons. The zero-order valence-corrected chi connectivity index (χ0v) is 19.4. The van der Waals surface area contributed by atoms with Crippen LogP contribution < -0.4 is 5.32 Å². The molecule has 2 aliphatic heterocycles. The summed E-state index contributed by atoms with van der Waals surface area (Å²) in [5.74, 6) is -4.42. The summed E-state index contributed by atoms with van der Waals surface area (Å²) in [6.07, 6.45) is 0.525. The van der Waals surface area contributed by atoms with Crippen molar-refractivity contribution < 1.29 is 36.3 Å². The molecular weight excluding hydrogens is 487 g/mol. The van der Waals surface area contributed by atoms with Crippen LogP contribution in [0.15, 0.2) is 30.5 Å². The summed E-state index contributed by atoms with van der Waals surface area (Å²) < 4.78 is 74.8. The summed E-state index contributed by atoms with van der Waals surface area (Å²) in [6.45, 7) is 1.96. The third-order valence-electron chi connectivity index (χ3n) is 7.17. The summed E-state index contributed by atoms with van der Waals surface area (Å²) in [5.41, 5.74) is -1.16. The molecule has 1 aromatic carbocycles. The summed E-state index contributed by atoms with van der Waals surface area (Å²) in [6, 6.07) is -1.77. The molecule has 7 nitrogen and oxygen atoms in total. The quantitative estimate of drug-likeness (QED) is 0.495. The number of nitrogens with zero attached hydrogens (tertiary/aromatic N) is 3. The molecule has 1 aliphatic carbocycles. The van der Waals surface area contributed by atoms with Crippen molar-refractivity contribution in [3.63, 3.8) is 0 Å². The summed E-state index contributed by atoms with van der Waals surface area (Å²) in [5, 5.41) is 6.77. The molecule has 3 aliphatic rings. The van der Waals surface area contributed by atoms with E-state index in [1.807, 2.05) is 12.2 Å². The Hall–Kier alpha value is -3.28. The van der Waals surface area contributed by atoms with E-state index in [2.05, 4.69) is 10.4 Å². The van der Waals surface area contributed by atoms with Gasteiger partial charge in [0.05, 0.1) is 37.1 Å². The molecule has 2 fully saturated rings. The molecule has 1 N–H and O–H groups in total. The molecule has 3 heterocycles. The fourth-order valence-corrected chi connectivity index (χ4v) is 5.11. The van der Waals surface area contributed by atoms with E-state index in [4.69, 9.17) is 4.74 Å². The SMILES string of the molecule is Cc1cnn(C)c1C(=O)N1[C@@H](C(=O)N[C@@H](c2cc(F)c(C(F)(F)F)cc2F)C2COC2)C[C@H]2C=C[C@H]21. The highest BCUT2D eigenvalue weighted by Crippen LogP contribution is 2.41. The minimum Gasteiger partial charge on any atom is -0.381 e. The molecule has 12 heteroatoms. The van der Waals surface area contributed by atoms with Gasteiger partial charge in [0.2, 0.25) is 5.91 Å². The van der Waals surface area contributed by atoms with E-state index in [0.29, 0.717) is 23.7 Å². The number of hydrogen-bond acceptors (Lipinski definition) is 4. The third kappa shape index (κ3) is 3.97. The Morgan fingerprint density at radius 3 is 2.42 bits per heavy atom. The molecule has 5 rings (SSSR count). The standard InChI is InChI=1S/C24H23F5N4O3/c1-11-8-30-32(2)21(11)23(35)33-18-4-3-12(18)5-19(33)22(34)31-20(13-9-36-10-13)14-6-17(26)15(7-16(14)25)24(27,28)29/h3-4,6-8,12-13,18-20H,5,9-10H2,1-2H3,(H,31,34)/t12-,18-,19-,20-/m1/s1. The number of benzene rings is 1. The van der Waals surface area contributed by atoms with E-state index < -0.39 is 52.8 Å². The van der Waals surface area contributed by atoms with Gasteiger partial charge in [0.15, 0.2) is 0 Å². The van der Waals surface area contributed by atoms with Crippen LogP contribution in [0, 0.1) is 30.4 Å². The number of fused-ring (bicyclic) bond motifs is 1. The molecule has 2 aromatic rings. The van der Waals surface area contributed by atoms with Gasteiger partial charge in [0, 0.05) is 24.4 Å². The van der Waals surface area contributed by atoms with Crippen molar-refractivity contribution in [3.8, 4) is 0 Å². The molecule has 2 saturated heterocycles. The highest BCUT2D eigenvalue weighted by Gasteiger charge is 2.50. The second-order valence-electron chi connectivity index (χ2n) is 9.44. The largest absolute Gasteiger partial charge is 0.419 e. The van der Waals surface area contributed by atoms with Gasteiger partial charge in [0.25, 0.3) is 5.91 Å². The number of aromatic nitrogens is 2. The van der Waals surface area contributed by atoms with Gasteiger partial charge in [-0.25, -0.2) is 8.78 Å². The Morgan fingerprint density at radius 1 is 1.17 bits per heavy atom. The summed E-state index contributed by atoms with van der Waals surface area (Å²) in [7, 11) is 1.62. The first-order chi connectivity index (χ1) is 17.0. The van der Waals surface area contributed by atoms with E-state index in [1.54, 1.807) is 20.2 Å². The van der Waals surface area contributed by atoms with Gasteiger partial charge in [-0.05, 0) is 31.0 Å². The number of halogens is 5. The summed E-state index contributed by atoms with van der Waals surface area (Å²) >= 11 is 0. The Kier molecular flexibility index (Phi) is 5.89. The van der Waals surface area contributed by atoms with E-state index in [9.17, 15) is 31.5 Å². The Balaban J connectivity index is 1.44. The molecule has 0 bridgehead atoms. The second kappa shape index (κ2) is 8.68. The number of alkyl halides is 3. The fraction of sp³-hybridized carbons (Fsp3) is 0.458. The van der Waals surface area contributed by atoms with Crippen molar-refractivity contribution >= 4 is 11.8 Å². The number of rotatable bonds is 5. The maximum atomic E-state index is 14.8. The molecule has 4 atom stereocenters. The number of ether oxygens (including phenoxy) is 1. The van der Waals surface area contributed by atoms with Crippen molar-refractivity contribution in [2.75, 3.05) is 13.2 Å². The van der Waals surface area contributed by atoms with Crippen molar-refractivity contribution in [2.24, 2.45) is 18.9 Å². The number of nitrogens with one attached hydrogen (secondary N) is 1. The third-order valence-corrected chi connectivity index (χ3v) is 7.17. The first-order valence-corrected chi connectivity index (χ1v) is 11.4.